The Bertz CT molecular complexity index is 1960. The minimum atomic E-state index is -1.08. The number of hydrogen-bond acceptors (Lipinski definition) is 5. The number of carboxylic acids is 1. The van der Waals surface area contributed by atoms with Gasteiger partial charge < -0.3 is 29.9 Å². The zero-order valence-electron chi connectivity index (χ0n) is 29.4. The highest BCUT2D eigenvalue weighted by Gasteiger charge is 2.43. The van der Waals surface area contributed by atoms with Gasteiger partial charge >= 0.3 is 5.97 Å². The molecule has 3 amide bonds. The van der Waals surface area contributed by atoms with E-state index in [1.54, 1.807) is 24.3 Å². The zero-order chi connectivity index (χ0) is 36.1. The van der Waals surface area contributed by atoms with Crippen LogP contribution < -0.4 is 10.6 Å². The molecule has 4 aromatic rings. The van der Waals surface area contributed by atoms with Crippen LogP contribution in [0.5, 0.6) is 0 Å². The van der Waals surface area contributed by atoms with Crippen LogP contribution >= 0.6 is 0 Å². The third-order valence-corrected chi connectivity index (χ3v) is 10.9. The maximum absolute atomic E-state index is 14.2. The first-order valence-corrected chi connectivity index (χ1v) is 18.5. The van der Waals surface area contributed by atoms with Crippen LogP contribution in [0.25, 0.3) is 28.2 Å². The molecule has 3 aliphatic rings. The van der Waals surface area contributed by atoms with E-state index < -0.39 is 11.5 Å². The minimum absolute atomic E-state index is 0.0231. The summed E-state index contributed by atoms with van der Waals surface area (Å²) >= 11 is 0. The second kappa shape index (κ2) is 15.6. The molecule has 1 saturated heterocycles. The maximum Gasteiger partial charge on any atom is 0.328 e. The van der Waals surface area contributed by atoms with Crippen molar-refractivity contribution in [1.29, 1.82) is 0 Å². The van der Waals surface area contributed by atoms with Gasteiger partial charge in [0.2, 0.25) is 11.8 Å². The first-order valence-electron chi connectivity index (χ1n) is 18.5. The van der Waals surface area contributed by atoms with Gasteiger partial charge in [-0.25, -0.2) is 4.79 Å². The highest BCUT2D eigenvalue weighted by atomic mass is 16.5. The summed E-state index contributed by atoms with van der Waals surface area (Å²) in [6.45, 7) is 2.30. The topological polar surface area (TPSA) is 130 Å². The Morgan fingerprint density at radius 1 is 0.865 bits per heavy atom. The molecule has 2 heterocycles. The number of hydrogen-bond donors (Lipinski definition) is 3. The lowest BCUT2D eigenvalue weighted by atomic mass is 9.81. The van der Waals surface area contributed by atoms with Crippen molar-refractivity contribution < 1.29 is 29.0 Å². The molecule has 1 aliphatic heterocycles. The number of morpholine rings is 1. The maximum atomic E-state index is 14.2. The Morgan fingerprint density at radius 3 is 2.27 bits per heavy atom. The summed E-state index contributed by atoms with van der Waals surface area (Å²) < 4.78 is 7.65. The third kappa shape index (κ3) is 7.53. The Balaban J connectivity index is 1.23. The van der Waals surface area contributed by atoms with Crippen LogP contribution in [0.4, 0.5) is 5.69 Å². The number of nitrogens with zero attached hydrogens (tertiary/aromatic N) is 2. The van der Waals surface area contributed by atoms with Crippen LogP contribution in [0.1, 0.15) is 85.2 Å². The monoisotopic (exact) mass is 702 g/mol. The Hall–Kier alpha value is -5.22. The molecule has 3 N–H and O–H groups in total. The van der Waals surface area contributed by atoms with E-state index in [1.165, 1.54) is 18.1 Å². The molecular weight excluding hydrogens is 656 g/mol. The Kier molecular flexibility index (Phi) is 10.5. The van der Waals surface area contributed by atoms with Crippen molar-refractivity contribution in [3.05, 3.63) is 95.6 Å². The van der Waals surface area contributed by atoms with Gasteiger partial charge in [0, 0.05) is 35.8 Å². The summed E-state index contributed by atoms with van der Waals surface area (Å²) in [5.41, 5.74) is 4.79. The molecular formula is C42H46N4O6. The van der Waals surface area contributed by atoms with Gasteiger partial charge in [0.15, 0.2) is 0 Å². The van der Waals surface area contributed by atoms with Gasteiger partial charge in [-0.05, 0) is 78.6 Å². The molecule has 3 fully saturated rings. The Labute approximate surface area is 303 Å². The van der Waals surface area contributed by atoms with Crippen LogP contribution in [0.3, 0.4) is 0 Å². The second-order valence-electron chi connectivity index (χ2n) is 14.3. The summed E-state index contributed by atoms with van der Waals surface area (Å²) in [4.78, 5) is 54.6. The van der Waals surface area contributed by atoms with Crippen LogP contribution in [-0.4, -0.2) is 70.1 Å². The van der Waals surface area contributed by atoms with Crippen molar-refractivity contribution in [2.24, 2.45) is 0 Å². The lowest BCUT2D eigenvalue weighted by Gasteiger charge is -2.29. The zero-order valence-corrected chi connectivity index (χ0v) is 29.4. The number of carbonyl (C=O) groups excluding carboxylic acids is 3. The number of amides is 3. The van der Waals surface area contributed by atoms with Crippen molar-refractivity contribution in [3.8, 4) is 11.3 Å². The first kappa shape index (κ1) is 35.2. The lowest BCUT2D eigenvalue weighted by Crippen LogP contribution is -2.55. The van der Waals surface area contributed by atoms with Crippen LogP contribution in [0.2, 0.25) is 0 Å². The Morgan fingerprint density at radius 2 is 1.58 bits per heavy atom. The summed E-state index contributed by atoms with van der Waals surface area (Å²) in [5, 5.41) is 16.1. The molecule has 1 aromatic heterocycles. The van der Waals surface area contributed by atoms with Crippen molar-refractivity contribution in [1.82, 2.24) is 14.8 Å². The molecule has 0 unspecified atom stereocenters. The molecule has 0 atom stereocenters. The number of carbonyl (C=O) groups is 4. The molecule has 2 aliphatic carbocycles. The average molecular weight is 703 g/mol. The molecule has 52 heavy (non-hydrogen) atoms. The smallest absolute Gasteiger partial charge is 0.328 e. The number of benzene rings is 3. The fraction of sp³-hybridized carbons (Fsp3) is 0.381. The summed E-state index contributed by atoms with van der Waals surface area (Å²) in [6, 6.07) is 23.0. The van der Waals surface area contributed by atoms with E-state index in [0.29, 0.717) is 61.9 Å². The van der Waals surface area contributed by atoms with E-state index in [4.69, 9.17) is 9.84 Å². The number of fused-ring (bicyclic) bond motifs is 1. The van der Waals surface area contributed by atoms with Crippen molar-refractivity contribution in [3.63, 3.8) is 0 Å². The second-order valence-corrected chi connectivity index (χ2v) is 14.3. The summed E-state index contributed by atoms with van der Waals surface area (Å²) in [6.07, 6.45) is 10.9. The number of anilines is 1. The van der Waals surface area contributed by atoms with Crippen LogP contribution in [0, 0.1) is 0 Å². The van der Waals surface area contributed by atoms with Gasteiger partial charge in [-0.2, -0.15) is 0 Å². The van der Waals surface area contributed by atoms with Crippen molar-refractivity contribution in [2.75, 3.05) is 31.6 Å². The van der Waals surface area contributed by atoms with Gasteiger partial charge in [0.25, 0.3) is 5.91 Å². The molecule has 0 bridgehead atoms. The standard InChI is InChI=1S/C42H46N4O6/c47-36(45-23-25-52-26-24-45)28-46-35-27-32(16-19-34(35)38(30-9-3-1-4-10-30)39(46)31-11-5-2-6-12-31)40(50)44-42(21-7-8-22-42)41(51)43-33-17-13-29(14-18-33)15-20-37(48)49/h2,5-6,11-20,27,30H,1,3-4,7-10,21-26,28H2,(H,43,51)(H,44,50)(H,48,49)/b20-15+. The molecule has 7 rings (SSSR count). The number of nitrogens with one attached hydrogen (secondary N) is 2. The quantitative estimate of drug-likeness (QED) is 0.153. The van der Waals surface area contributed by atoms with Gasteiger partial charge in [0.1, 0.15) is 12.1 Å². The fourth-order valence-electron chi connectivity index (χ4n) is 8.21. The fourth-order valence-corrected chi connectivity index (χ4v) is 8.21. The van der Waals surface area contributed by atoms with E-state index in [2.05, 4.69) is 27.3 Å². The molecule has 2 saturated carbocycles. The number of aliphatic carboxylic acids is 1. The molecule has 0 radical (unpaired) electrons. The number of aromatic nitrogens is 1. The summed E-state index contributed by atoms with van der Waals surface area (Å²) in [5.74, 6) is -1.28. The largest absolute Gasteiger partial charge is 0.478 e. The molecule has 10 nitrogen and oxygen atoms in total. The molecule has 3 aromatic carbocycles. The molecule has 10 heteroatoms. The van der Waals surface area contributed by atoms with E-state index in [0.717, 1.165) is 66.8 Å². The molecule has 0 spiro atoms. The highest BCUT2D eigenvalue weighted by Crippen LogP contribution is 2.44. The predicted molar refractivity (Wildman–Crippen MR) is 201 cm³/mol. The van der Waals surface area contributed by atoms with Gasteiger partial charge in [-0.15, -0.1) is 0 Å². The summed E-state index contributed by atoms with van der Waals surface area (Å²) in [7, 11) is 0. The predicted octanol–water partition coefficient (Wildman–Crippen LogP) is 6.99. The van der Waals surface area contributed by atoms with E-state index in [-0.39, 0.29) is 24.3 Å². The van der Waals surface area contributed by atoms with Gasteiger partial charge in [-0.3, -0.25) is 14.4 Å². The first-order chi connectivity index (χ1) is 25.3. The minimum Gasteiger partial charge on any atom is -0.478 e. The number of rotatable bonds is 10. The van der Waals surface area contributed by atoms with Crippen molar-refractivity contribution in [2.45, 2.75) is 75.8 Å². The number of carboxylic acid groups (broad SMARTS) is 1. The normalized spacial score (nSPS) is 17.7. The van der Waals surface area contributed by atoms with Gasteiger partial charge in [0.05, 0.1) is 24.4 Å². The van der Waals surface area contributed by atoms with E-state index in [1.807, 2.05) is 41.3 Å². The number of ether oxygens (including phenoxy) is 1. The van der Waals surface area contributed by atoms with Crippen LogP contribution in [0.15, 0.2) is 78.9 Å². The SMILES string of the molecule is O=C(O)/C=C/c1ccc(NC(=O)C2(NC(=O)c3ccc4c(C5CCCCC5)c(-c5ccccc5)n(CC(=O)N5CCOCC5)c4c3)CCCC2)cc1. The van der Waals surface area contributed by atoms with E-state index >= 15 is 0 Å². The molecule has 270 valence electrons. The van der Waals surface area contributed by atoms with Gasteiger partial charge in [-0.1, -0.05) is 80.6 Å². The third-order valence-electron chi connectivity index (χ3n) is 10.9. The van der Waals surface area contributed by atoms with Crippen molar-refractivity contribution >= 4 is 46.4 Å². The average Bonchev–Trinajstić information content (AvgIpc) is 3.78. The van der Waals surface area contributed by atoms with E-state index in [9.17, 15) is 19.2 Å². The lowest BCUT2D eigenvalue weighted by molar-refractivity contribution is -0.135. The van der Waals surface area contributed by atoms with Crippen LogP contribution in [-0.2, 0) is 25.7 Å². The highest BCUT2D eigenvalue weighted by molar-refractivity contribution is 6.06.